The topological polar surface area (TPSA) is 95.6 Å². The first kappa shape index (κ1) is 11.4. The summed E-state index contributed by atoms with van der Waals surface area (Å²) in [5.41, 5.74) is 2.14. The van der Waals surface area contributed by atoms with Crippen molar-refractivity contribution in [1.82, 2.24) is 4.98 Å². The number of hydrogen-bond donors (Lipinski definition) is 3. The SMILES string of the molecule is O=C(O)CC(O)CNc1ccc2ncoc2c1. The number of aromatic nitrogens is 1. The minimum Gasteiger partial charge on any atom is -0.481 e. The van der Waals surface area contributed by atoms with Gasteiger partial charge in [0, 0.05) is 18.3 Å². The Hall–Kier alpha value is -2.08. The van der Waals surface area contributed by atoms with Gasteiger partial charge in [0.25, 0.3) is 0 Å². The Bertz CT molecular complexity index is 523. The Kier molecular flexibility index (Phi) is 3.24. The van der Waals surface area contributed by atoms with Crippen LogP contribution in [0, 0.1) is 0 Å². The number of oxazole rings is 1. The number of hydrogen-bond acceptors (Lipinski definition) is 5. The van der Waals surface area contributed by atoms with Crippen molar-refractivity contribution in [3.8, 4) is 0 Å². The molecule has 0 bridgehead atoms. The van der Waals surface area contributed by atoms with Gasteiger partial charge in [-0.3, -0.25) is 4.79 Å². The maximum atomic E-state index is 10.4. The van der Waals surface area contributed by atoms with Crippen molar-refractivity contribution >= 4 is 22.8 Å². The van der Waals surface area contributed by atoms with Gasteiger partial charge in [0.2, 0.25) is 0 Å². The highest BCUT2D eigenvalue weighted by molar-refractivity contribution is 5.76. The third-order valence-electron chi connectivity index (χ3n) is 2.28. The molecule has 0 spiro atoms. The van der Waals surface area contributed by atoms with Crippen LogP contribution in [0.5, 0.6) is 0 Å². The lowest BCUT2D eigenvalue weighted by Gasteiger charge is -2.10. The zero-order valence-corrected chi connectivity index (χ0v) is 8.96. The van der Waals surface area contributed by atoms with Crippen LogP contribution in [-0.4, -0.2) is 33.8 Å². The van der Waals surface area contributed by atoms with Crippen LogP contribution in [0.15, 0.2) is 29.0 Å². The average molecular weight is 236 g/mol. The number of aliphatic carboxylic acids is 1. The highest BCUT2D eigenvalue weighted by Gasteiger charge is 2.09. The highest BCUT2D eigenvalue weighted by atomic mass is 16.4. The monoisotopic (exact) mass is 236 g/mol. The molecule has 0 fully saturated rings. The smallest absolute Gasteiger partial charge is 0.306 e. The van der Waals surface area contributed by atoms with Gasteiger partial charge in [-0.25, -0.2) is 4.98 Å². The van der Waals surface area contributed by atoms with Crippen LogP contribution in [0.25, 0.3) is 11.1 Å². The van der Waals surface area contributed by atoms with Crippen LogP contribution in [-0.2, 0) is 4.79 Å². The number of aliphatic hydroxyl groups is 1. The lowest BCUT2D eigenvalue weighted by Crippen LogP contribution is -2.22. The Labute approximate surface area is 96.9 Å². The molecule has 90 valence electrons. The molecular formula is C11H12N2O4. The molecule has 3 N–H and O–H groups in total. The summed E-state index contributed by atoms with van der Waals surface area (Å²) in [6, 6.07) is 5.32. The van der Waals surface area contributed by atoms with E-state index in [1.807, 2.05) is 0 Å². The summed E-state index contributed by atoms with van der Waals surface area (Å²) in [4.78, 5) is 14.3. The minimum atomic E-state index is -1.02. The molecule has 1 aromatic heterocycles. The van der Waals surface area contributed by atoms with Crippen molar-refractivity contribution in [3.63, 3.8) is 0 Å². The number of carboxylic acids is 1. The molecular weight excluding hydrogens is 224 g/mol. The van der Waals surface area contributed by atoms with Crippen LogP contribution < -0.4 is 5.32 Å². The van der Waals surface area contributed by atoms with Crippen molar-refractivity contribution in [2.24, 2.45) is 0 Å². The van der Waals surface area contributed by atoms with Gasteiger partial charge in [0.15, 0.2) is 12.0 Å². The van der Waals surface area contributed by atoms with Crippen molar-refractivity contribution < 1.29 is 19.4 Å². The third kappa shape index (κ3) is 2.94. The van der Waals surface area contributed by atoms with Crippen molar-refractivity contribution in [2.45, 2.75) is 12.5 Å². The van der Waals surface area contributed by atoms with E-state index >= 15 is 0 Å². The molecule has 0 saturated heterocycles. The molecule has 0 saturated carbocycles. The normalized spacial score (nSPS) is 12.5. The van der Waals surface area contributed by atoms with Crippen molar-refractivity contribution in [1.29, 1.82) is 0 Å². The summed E-state index contributed by atoms with van der Waals surface area (Å²) < 4.78 is 5.12. The van der Waals surface area contributed by atoms with Gasteiger partial charge in [-0.15, -0.1) is 0 Å². The van der Waals surface area contributed by atoms with E-state index in [4.69, 9.17) is 9.52 Å². The molecule has 1 heterocycles. The zero-order chi connectivity index (χ0) is 12.3. The summed E-state index contributed by atoms with van der Waals surface area (Å²) in [6.07, 6.45) is 0.156. The minimum absolute atomic E-state index is 0.173. The largest absolute Gasteiger partial charge is 0.481 e. The molecule has 1 unspecified atom stereocenters. The standard InChI is InChI=1S/C11H12N2O4/c14-8(4-11(15)16)5-12-7-1-2-9-10(3-7)17-6-13-9/h1-3,6,8,12,14H,4-5H2,(H,15,16). The van der Waals surface area contributed by atoms with Gasteiger partial charge < -0.3 is 19.9 Å². The molecule has 0 aliphatic rings. The highest BCUT2D eigenvalue weighted by Crippen LogP contribution is 2.17. The van der Waals surface area contributed by atoms with E-state index in [0.29, 0.717) is 5.58 Å². The van der Waals surface area contributed by atoms with E-state index in [-0.39, 0.29) is 13.0 Å². The third-order valence-corrected chi connectivity index (χ3v) is 2.28. The number of carboxylic acid groups (broad SMARTS) is 1. The van der Waals surface area contributed by atoms with Gasteiger partial charge in [0.05, 0.1) is 12.5 Å². The molecule has 0 aliphatic heterocycles. The summed E-state index contributed by atoms with van der Waals surface area (Å²) in [6.45, 7) is 0.173. The Morgan fingerprint density at radius 1 is 1.53 bits per heavy atom. The Morgan fingerprint density at radius 2 is 2.35 bits per heavy atom. The van der Waals surface area contributed by atoms with Crippen LogP contribution >= 0.6 is 0 Å². The first-order valence-electron chi connectivity index (χ1n) is 5.12. The average Bonchev–Trinajstić information content (AvgIpc) is 2.72. The molecule has 6 heteroatoms. The fourth-order valence-electron chi connectivity index (χ4n) is 1.47. The van der Waals surface area contributed by atoms with Gasteiger partial charge in [-0.05, 0) is 12.1 Å². The molecule has 0 aliphatic carbocycles. The molecule has 0 radical (unpaired) electrons. The number of rotatable bonds is 5. The van der Waals surface area contributed by atoms with Crippen LogP contribution in [0.1, 0.15) is 6.42 Å². The number of carbonyl (C=O) groups is 1. The molecule has 1 atom stereocenters. The van der Waals surface area contributed by atoms with Crippen molar-refractivity contribution in [3.05, 3.63) is 24.6 Å². The fourth-order valence-corrected chi connectivity index (χ4v) is 1.47. The number of anilines is 1. The van der Waals surface area contributed by atoms with E-state index in [1.54, 1.807) is 18.2 Å². The van der Waals surface area contributed by atoms with Gasteiger partial charge in [-0.1, -0.05) is 0 Å². The van der Waals surface area contributed by atoms with E-state index in [9.17, 15) is 9.90 Å². The van der Waals surface area contributed by atoms with Crippen molar-refractivity contribution in [2.75, 3.05) is 11.9 Å². The number of nitrogens with one attached hydrogen (secondary N) is 1. The second-order valence-corrected chi connectivity index (χ2v) is 3.67. The molecule has 2 aromatic rings. The summed E-state index contributed by atoms with van der Waals surface area (Å²) in [7, 11) is 0. The van der Waals surface area contributed by atoms with E-state index in [0.717, 1.165) is 11.2 Å². The number of nitrogens with zero attached hydrogens (tertiary/aromatic N) is 1. The van der Waals surface area contributed by atoms with Gasteiger partial charge in [-0.2, -0.15) is 0 Å². The molecule has 0 amide bonds. The van der Waals surface area contributed by atoms with E-state index in [2.05, 4.69) is 10.3 Å². The zero-order valence-electron chi connectivity index (χ0n) is 8.96. The fraction of sp³-hybridized carbons (Fsp3) is 0.273. The Balaban J connectivity index is 1.96. The first-order chi connectivity index (χ1) is 8.15. The number of benzene rings is 1. The molecule has 1 aromatic carbocycles. The maximum absolute atomic E-state index is 10.4. The van der Waals surface area contributed by atoms with Crippen LogP contribution in [0.3, 0.4) is 0 Å². The van der Waals surface area contributed by atoms with Crippen LogP contribution in [0.4, 0.5) is 5.69 Å². The second-order valence-electron chi connectivity index (χ2n) is 3.67. The quantitative estimate of drug-likeness (QED) is 0.718. The number of aliphatic hydroxyl groups excluding tert-OH is 1. The lowest BCUT2D eigenvalue weighted by atomic mass is 10.2. The summed E-state index contributed by atoms with van der Waals surface area (Å²) >= 11 is 0. The summed E-state index contributed by atoms with van der Waals surface area (Å²) in [5.74, 6) is -1.02. The molecule has 6 nitrogen and oxygen atoms in total. The lowest BCUT2D eigenvalue weighted by molar-refractivity contribution is -0.138. The predicted octanol–water partition coefficient (Wildman–Crippen LogP) is 1.08. The summed E-state index contributed by atoms with van der Waals surface area (Å²) in [5, 5.41) is 20.8. The van der Waals surface area contributed by atoms with Gasteiger partial charge in [0.1, 0.15) is 5.52 Å². The molecule has 2 rings (SSSR count). The number of fused-ring (bicyclic) bond motifs is 1. The predicted molar refractivity (Wildman–Crippen MR) is 60.8 cm³/mol. The van der Waals surface area contributed by atoms with E-state index in [1.165, 1.54) is 6.39 Å². The first-order valence-corrected chi connectivity index (χ1v) is 5.12. The maximum Gasteiger partial charge on any atom is 0.306 e. The molecule has 17 heavy (non-hydrogen) atoms. The van der Waals surface area contributed by atoms with Crippen LogP contribution in [0.2, 0.25) is 0 Å². The van der Waals surface area contributed by atoms with Gasteiger partial charge >= 0.3 is 5.97 Å². The second kappa shape index (κ2) is 4.84. The Morgan fingerprint density at radius 3 is 3.12 bits per heavy atom. The van der Waals surface area contributed by atoms with E-state index < -0.39 is 12.1 Å².